The van der Waals surface area contributed by atoms with Crippen LogP contribution in [-0.2, 0) is 19.6 Å². The highest BCUT2D eigenvalue weighted by Gasteiger charge is 2.28. The summed E-state index contributed by atoms with van der Waals surface area (Å²) < 4.78 is 38.9. The van der Waals surface area contributed by atoms with E-state index in [2.05, 4.69) is 21.2 Å². The van der Waals surface area contributed by atoms with Gasteiger partial charge in [-0.25, -0.2) is 13.2 Å². The Morgan fingerprint density at radius 3 is 2.37 bits per heavy atom. The predicted molar refractivity (Wildman–Crippen MR) is 137 cm³/mol. The summed E-state index contributed by atoms with van der Waals surface area (Å²) in [5, 5.41) is 2.66. The van der Waals surface area contributed by atoms with Crippen LogP contribution in [0.5, 0.6) is 5.75 Å². The molecule has 0 aliphatic rings. The molecule has 3 aromatic rings. The molecule has 1 amide bonds. The highest BCUT2D eigenvalue weighted by Crippen LogP contribution is 2.31. The molecule has 8 nitrogen and oxygen atoms in total. The number of rotatable bonds is 9. The quantitative estimate of drug-likeness (QED) is 0.378. The van der Waals surface area contributed by atoms with Crippen molar-refractivity contribution in [3.8, 4) is 5.75 Å². The summed E-state index contributed by atoms with van der Waals surface area (Å²) in [7, 11) is -2.64. The number of aryl methyl sites for hydroxylation is 1. The lowest BCUT2D eigenvalue weighted by Gasteiger charge is -2.24. The molecule has 184 valence electrons. The first-order chi connectivity index (χ1) is 16.6. The molecule has 1 N–H and O–H groups in total. The number of ether oxygens (including phenoxy) is 2. The molecule has 35 heavy (non-hydrogen) atoms. The monoisotopic (exact) mass is 560 g/mol. The second kappa shape index (κ2) is 11.4. The maximum absolute atomic E-state index is 13.6. The van der Waals surface area contributed by atoms with Crippen LogP contribution in [0.2, 0.25) is 0 Å². The summed E-state index contributed by atoms with van der Waals surface area (Å²) in [6.45, 7) is 3.32. The van der Waals surface area contributed by atoms with Crippen molar-refractivity contribution in [1.29, 1.82) is 0 Å². The third-order valence-electron chi connectivity index (χ3n) is 4.98. The van der Waals surface area contributed by atoms with Gasteiger partial charge in [0.1, 0.15) is 12.3 Å². The van der Waals surface area contributed by atoms with E-state index in [4.69, 9.17) is 9.47 Å². The van der Waals surface area contributed by atoms with Gasteiger partial charge in [0.05, 0.1) is 34.3 Å². The molecule has 0 aliphatic carbocycles. The van der Waals surface area contributed by atoms with E-state index in [9.17, 15) is 18.0 Å². The van der Waals surface area contributed by atoms with Crippen molar-refractivity contribution in [1.82, 2.24) is 0 Å². The zero-order valence-electron chi connectivity index (χ0n) is 19.4. The molecule has 0 aromatic heterocycles. The molecular formula is C25H25BrN2O6S. The maximum Gasteiger partial charge on any atom is 0.338 e. The van der Waals surface area contributed by atoms with E-state index in [0.29, 0.717) is 21.6 Å². The van der Waals surface area contributed by atoms with Crippen LogP contribution in [0, 0.1) is 6.92 Å². The Morgan fingerprint density at radius 2 is 1.74 bits per heavy atom. The SMILES string of the molecule is CCOC(=O)c1cccc(NC(=O)CN(c2ccc(C)cc2)S(=O)(=O)c2ccc(OC)c(Br)c2)c1. The number of nitrogens with one attached hydrogen (secondary N) is 1. The maximum atomic E-state index is 13.6. The van der Waals surface area contributed by atoms with Crippen molar-refractivity contribution < 1.29 is 27.5 Å². The van der Waals surface area contributed by atoms with E-state index in [1.807, 2.05) is 6.92 Å². The lowest BCUT2D eigenvalue weighted by Crippen LogP contribution is -2.38. The Hall–Kier alpha value is -3.37. The number of hydrogen-bond donors (Lipinski definition) is 1. The lowest BCUT2D eigenvalue weighted by atomic mass is 10.2. The van der Waals surface area contributed by atoms with Crippen LogP contribution in [-0.4, -0.2) is 40.6 Å². The second-order valence-corrected chi connectivity index (χ2v) is 10.2. The fourth-order valence-electron chi connectivity index (χ4n) is 3.23. The number of methoxy groups -OCH3 is 1. The lowest BCUT2D eigenvalue weighted by molar-refractivity contribution is -0.114. The van der Waals surface area contributed by atoms with Gasteiger partial charge in [-0.3, -0.25) is 9.10 Å². The van der Waals surface area contributed by atoms with Crippen molar-refractivity contribution in [2.75, 3.05) is 29.9 Å². The highest BCUT2D eigenvalue weighted by molar-refractivity contribution is 9.10. The summed E-state index contributed by atoms with van der Waals surface area (Å²) in [6.07, 6.45) is 0. The van der Waals surface area contributed by atoms with Crippen LogP contribution >= 0.6 is 15.9 Å². The zero-order valence-corrected chi connectivity index (χ0v) is 21.9. The first-order valence-corrected chi connectivity index (χ1v) is 12.9. The van der Waals surface area contributed by atoms with Crippen molar-refractivity contribution >= 4 is 49.2 Å². The van der Waals surface area contributed by atoms with E-state index in [1.54, 1.807) is 49.4 Å². The predicted octanol–water partition coefficient (Wildman–Crippen LogP) is 4.78. The van der Waals surface area contributed by atoms with Gasteiger partial charge >= 0.3 is 5.97 Å². The van der Waals surface area contributed by atoms with E-state index >= 15 is 0 Å². The minimum atomic E-state index is -4.12. The fraction of sp³-hybridized carbons (Fsp3) is 0.200. The molecule has 0 spiro atoms. The molecule has 10 heteroatoms. The average molecular weight is 561 g/mol. The molecular weight excluding hydrogens is 536 g/mol. The van der Waals surface area contributed by atoms with Gasteiger partial charge in [0.25, 0.3) is 10.0 Å². The van der Waals surface area contributed by atoms with Gasteiger partial charge in [-0.15, -0.1) is 0 Å². The van der Waals surface area contributed by atoms with Crippen molar-refractivity contribution in [3.05, 3.63) is 82.3 Å². The number of hydrogen-bond acceptors (Lipinski definition) is 6. The van der Waals surface area contributed by atoms with Gasteiger partial charge in [-0.2, -0.15) is 0 Å². The van der Waals surface area contributed by atoms with Gasteiger partial charge in [-0.1, -0.05) is 23.8 Å². The fourth-order valence-corrected chi connectivity index (χ4v) is 5.37. The highest BCUT2D eigenvalue weighted by atomic mass is 79.9. The van der Waals surface area contributed by atoms with Gasteiger partial charge < -0.3 is 14.8 Å². The Kier molecular flexibility index (Phi) is 8.52. The molecule has 0 aliphatic heterocycles. The number of nitrogens with zero attached hydrogens (tertiary/aromatic N) is 1. The molecule has 3 aromatic carbocycles. The Morgan fingerprint density at radius 1 is 1.03 bits per heavy atom. The second-order valence-electron chi connectivity index (χ2n) is 7.49. The van der Waals surface area contributed by atoms with Gasteiger partial charge in [0.15, 0.2) is 0 Å². The number of benzene rings is 3. The van der Waals surface area contributed by atoms with Gasteiger partial charge in [0.2, 0.25) is 5.91 Å². The van der Waals surface area contributed by atoms with Gasteiger partial charge in [0, 0.05) is 5.69 Å². The summed E-state index contributed by atoms with van der Waals surface area (Å²) in [4.78, 5) is 24.9. The summed E-state index contributed by atoms with van der Waals surface area (Å²) in [5.41, 5.74) is 1.89. The number of anilines is 2. The van der Waals surface area contributed by atoms with E-state index in [0.717, 1.165) is 9.87 Å². The van der Waals surface area contributed by atoms with Crippen LogP contribution in [0.3, 0.4) is 0 Å². The zero-order chi connectivity index (χ0) is 25.6. The number of carbonyl (C=O) groups excluding carboxylic acids is 2. The minimum Gasteiger partial charge on any atom is -0.496 e. The molecule has 0 saturated heterocycles. The first kappa shape index (κ1) is 26.2. The van der Waals surface area contributed by atoms with Crippen molar-refractivity contribution in [3.63, 3.8) is 0 Å². The minimum absolute atomic E-state index is 0.0112. The normalized spacial score (nSPS) is 11.0. The van der Waals surface area contributed by atoms with E-state index < -0.39 is 28.4 Å². The van der Waals surface area contributed by atoms with Crippen LogP contribution in [0.1, 0.15) is 22.8 Å². The summed E-state index contributed by atoms with van der Waals surface area (Å²) >= 11 is 3.31. The van der Waals surface area contributed by atoms with Crippen LogP contribution in [0.4, 0.5) is 11.4 Å². The Labute approximate surface area is 213 Å². The molecule has 0 radical (unpaired) electrons. The molecule has 0 saturated carbocycles. The largest absolute Gasteiger partial charge is 0.496 e. The number of sulfonamides is 1. The van der Waals surface area contributed by atoms with Crippen molar-refractivity contribution in [2.24, 2.45) is 0 Å². The number of carbonyl (C=O) groups is 2. The summed E-state index contributed by atoms with van der Waals surface area (Å²) in [6, 6.07) is 17.4. The standard InChI is InChI=1S/C25H25BrN2O6S/c1-4-34-25(30)18-6-5-7-19(14-18)27-24(29)16-28(20-10-8-17(2)9-11-20)35(31,32)21-12-13-23(33-3)22(26)15-21/h5-15H,4,16H2,1-3H3,(H,27,29). The molecule has 0 fully saturated rings. The first-order valence-electron chi connectivity index (χ1n) is 10.7. The topological polar surface area (TPSA) is 102 Å². The smallest absolute Gasteiger partial charge is 0.338 e. The molecule has 0 unspecified atom stereocenters. The molecule has 0 bridgehead atoms. The summed E-state index contributed by atoms with van der Waals surface area (Å²) in [5.74, 6) is -0.620. The van der Waals surface area contributed by atoms with E-state index in [-0.39, 0.29) is 17.1 Å². The third kappa shape index (κ3) is 6.40. The molecule has 3 rings (SSSR count). The van der Waals surface area contributed by atoms with Crippen molar-refractivity contribution in [2.45, 2.75) is 18.7 Å². The molecule has 0 atom stereocenters. The average Bonchev–Trinajstić information content (AvgIpc) is 2.83. The third-order valence-corrected chi connectivity index (χ3v) is 7.37. The van der Waals surface area contributed by atoms with Gasteiger partial charge in [-0.05, 0) is 78.3 Å². The van der Waals surface area contributed by atoms with Crippen LogP contribution in [0.25, 0.3) is 0 Å². The number of esters is 1. The van der Waals surface area contributed by atoms with Crippen LogP contribution in [0.15, 0.2) is 76.1 Å². The Balaban J connectivity index is 1.92. The van der Waals surface area contributed by atoms with Crippen LogP contribution < -0.4 is 14.4 Å². The number of amides is 1. The van der Waals surface area contributed by atoms with E-state index in [1.165, 1.54) is 31.4 Å². The Bertz CT molecular complexity index is 1330. The molecule has 0 heterocycles. The number of halogens is 1.